The fraction of sp³-hybridized carbons (Fsp3) is 0.429. The molecule has 0 saturated carbocycles. The fourth-order valence-corrected chi connectivity index (χ4v) is 2.20. The van der Waals surface area contributed by atoms with Gasteiger partial charge in [-0.1, -0.05) is 0 Å². The molecule has 0 aromatic heterocycles. The summed E-state index contributed by atoms with van der Waals surface area (Å²) in [7, 11) is 0. The molecule has 5 heteroatoms. The Morgan fingerprint density at radius 2 is 1.84 bits per heavy atom. The molecule has 1 rings (SSSR count). The molecule has 0 heterocycles. The van der Waals surface area contributed by atoms with Gasteiger partial charge in [0.2, 0.25) is 0 Å². The quantitative estimate of drug-likeness (QED) is 0.566. The van der Waals surface area contributed by atoms with Crippen LogP contribution >= 0.6 is 22.6 Å². The van der Waals surface area contributed by atoms with Crippen LogP contribution < -0.4 is 0 Å². The molecule has 0 bridgehead atoms. The topological polar surface area (TPSA) is 52.6 Å². The Hall–Kier alpha value is -1.11. The molecule has 0 radical (unpaired) electrons. The van der Waals surface area contributed by atoms with Gasteiger partial charge >= 0.3 is 11.9 Å². The van der Waals surface area contributed by atoms with Crippen molar-refractivity contribution in [3.63, 3.8) is 0 Å². The third-order valence-electron chi connectivity index (χ3n) is 2.47. The average Bonchev–Trinajstić information content (AvgIpc) is 2.37. The molecular weight excluding hydrogens is 359 g/mol. The van der Waals surface area contributed by atoms with Crippen molar-refractivity contribution >= 4 is 34.5 Å². The van der Waals surface area contributed by atoms with E-state index in [1.807, 2.05) is 12.1 Å². The number of rotatable bonds is 6. The molecule has 0 aliphatic carbocycles. The SMILES string of the molecule is CCOC(=O)CCc1cc(I)ccc1C(=O)OCC. The molecule has 0 amide bonds. The second-order valence-corrected chi connectivity index (χ2v) is 5.07. The third-order valence-corrected chi connectivity index (χ3v) is 3.14. The zero-order valence-electron chi connectivity index (χ0n) is 11.1. The molecule has 0 unspecified atom stereocenters. The molecule has 1 aromatic rings. The molecule has 0 aliphatic rings. The lowest BCUT2D eigenvalue weighted by molar-refractivity contribution is -0.143. The lowest BCUT2D eigenvalue weighted by Crippen LogP contribution is -2.11. The van der Waals surface area contributed by atoms with E-state index in [0.29, 0.717) is 25.2 Å². The van der Waals surface area contributed by atoms with Crippen LogP contribution in [0, 0.1) is 3.57 Å². The summed E-state index contributed by atoms with van der Waals surface area (Å²) < 4.78 is 10.9. The number of hydrogen-bond acceptors (Lipinski definition) is 4. The molecule has 4 nitrogen and oxygen atoms in total. The van der Waals surface area contributed by atoms with Crippen molar-refractivity contribution in [3.05, 3.63) is 32.9 Å². The van der Waals surface area contributed by atoms with Gasteiger partial charge in [0.25, 0.3) is 0 Å². The van der Waals surface area contributed by atoms with Gasteiger partial charge in [-0.2, -0.15) is 0 Å². The van der Waals surface area contributed by atoms with Crippen molar-refractivity contribution in [2.45, 2.75) is 26.7 Å². The highest BCUT2D eigenvalue weighted by Crippen LogP contribution is 2.17. The summed E-state index contributed by atoms with van der Waals surface area (Å²) in [6.45, 7) is 4.24. The summed E-state index contributed by atoms with van der Waals surface area (Å²) in [6.07, 6.45) is 0.740. The van der Waals surface area contributed by atoms with Crippen LogP contribution in [0.25, 0.3) is 0 Å². The van der Waals surface area contributed by atoms with E-state index in [1.165, 1.54) is 0 Å². The molecule has 1 aromatic carbocycles. The predicted octanol–water partition coefficient (Wildman–Crippen LogP) is 2.96. The Morgan fingerprint density at radius 1 is 1.16 bits per heavy atom. The monoisotopic (exact) mass is 376 g/mol. The van der Waals surface area contributed by atoms with Crippen LogP contribution in [0.4, 0.5) is 0 Å². The maximum atomic E-state index is 11.8. The number of ether oxygens (including phenoxy) is 2. The van der Waals surface area contributed by atoms with E-state index in [0.717, 1.165) is 9.13 Å². The molecule has 0 atom stereocenters. The lowest BCUT2D eigenvalue weighted by Gasteiger charge is -2.09. The van der Waals surface area contributed by atoms with Crippen LogP contribution in [0.2, 0.25) is 0 Å². The van der Waals surface area contributed by atoms with Crippen molar-refractivity contribution in [3.8, 4) is 0 Å². The van der Waals surface area contributed by atoms with Crippen LogP contribution in [0.1, 0.15) is 36.2 Å². The maximum Gasteiger partial charge on any atom is 0.338 e. The predicted molar refractivity (Wildman–Crippen MR) is 80.1 cm³/mol. The third kappa shape index (κ3) is 5.18. The Balaban J connectivity index is 2.82. The zero-order chi connectivity index (χ0) is 14.3. The smallest absolute Gasteiger partial charge is 0.338 e. The lowest BCUT2D eigenvalue weighted by atomic mass is 10.0. The Kier molecular flexibility index (Phi) is 6.83. The van der Waals surface area contributed by atoms with Crippen molar-refractivity contribution < 1.29 is 19.1 Å². The van der Waals surface area contributed by atoms with Crippen LogP contribution in [-0.4, -0.2) is 25.2 Å². The van der Waals surface area contributed by atoms with Crippen LogP contribution in [0.5, 0.6) is 0 Å². The Bertz CT molecular complexity index is 457. The highest BCUT2D eigenvalue weighted by Gasteiger charge is 2.14. The number of benzene rings is 1. The van der Waals surface area contributed by atoms with Gasteiger partial charge < -0.3 is 9.47 Å². The first-order valence-corrected chi connectivity index (χ1v) is 7.27. The van der Waals surface area contributed by atoms with E-state index in [1.54, 1.807) is 19.9 Å². The molecule has 0 saturated heterocycles. The number of esters is 2. The number of aryl methyl sites for hydroxylation is 1. The van der Waals surface area contributed by atoms with Gasteiger partial charge in [0.15, 0.2) is 0 Å². The van der Waals surface area contributed by atoms with Gasteiger partial charge in [0.1, 0.15) is 0 Å². The van der Waals surface area contributed by atoms with Gasteiger partial charge in [-0.25, -0.2) is 4.79 Å². The molecule has 0 fully saturated rings. The van der Waals surface area contributed by atoms with Gasteiger partial charge in [-0.3, -0.25) is 4.79 Å². The van der Waals surface area contributed by atoms with E-state index in [2.05, 4.69) is 22.6 Å². The van der Waals surface area contributed by atoms with Gasteiger partial charge in [0, 0.05) is 9.99 Å². The number of halogens is 1. The minimum atomic E-state index is -0.349. The van der Waals surface area contributed by atoms with Crippen molar-refractivity contribution in [1.29, 1.82) is 0 Å². The minimum Gasteiger partial charge on any atom is -0.466 e. The number of carbonyl (C=O) groups is 2. The van der Waals surface area contributed by atoms with E-state index in [-0.39, 0.29) is 18.4 Å². The van der Waals surface area contributed by atoms with Gasteiger partial charge in [0.05, 0.1) is 18.8 Å². The number of hydrogen-bond donors (Lipinski definition) is 0. The molecule has 0 aliphatic heterocycles. The molecule has 104 valence electrons. The molecule has 0 spiro atoms. The summed E-state index contributed by atoms with van der Waals surface area (Å²) in [6, 6.07) is 5.48. The summed E-state index contributed by atoms with van der Waals surface area (Å²) in [5.74, 6) is -0.603. The molecular formula is C14H17IO4. The fourth-order valence-electron chi connectivity index (χ4n) is 1.65. The summed E-state index contributed by atoms with van der Waals surface area (Å²) >= 11 is 2.17. The first kappa shape index (κ1) is 15.9. The van der Waals surface area contributed by atoms with Crippen LogP contribution in [-0.2, 0) is 20.7 Å². The molecule has 0 N–H and O–H groups in total. The highest BCUT2D eigenvalue weighted by atomic mass is 127. The summed E-state index contributed by atoms with van der Waals surface area (Å²) in [5, 5.41) is 0. The normalized spacial score (nSPS) is 10.1. The summed E-state index contributed by atoms with van der Waals surface area (Å²) in [5.41, 5.74) is 1.34. The van der Waals surface area contributed by atoms with Crippen molar-refractivity contribution in [2.75, 3.05) is 13.2 Å². The standard InChI is InChI=1S/C14H17IO4/c1-3-18-13(16)8-5-10-9-11(15)6-7-12(10)14(17)19-4-2/h6-7,9H,3-5,8H2,1-2H3. The second kappa shape index (κ2) is 8.14. The highest BCUT2D eigenvalue weighted by molar-refractivity contribution is 14.1. The van der Waals surface area contributed by atoms with Gasteiger partial charge in [-0.05, 0) is 66.6 Å². The van der Waals surface area contributed by atoms with Crippen molar-refractivity contribution in [1.82, 2.24) is 0 Å². The second-order valence-electron chi connectivity index (χ2n) is 3.83. The first-order valence-electron chi connectivity index (χ1n) is 6.19. The van der Waals surface area contributed by atoms with E-state index < -0.39 is 0 Å². The zero-order valence-corrected chi connectivity index (χ0v) is 13.2. The summed E-state index contributed by atoms with van der Waals surface area (Å²) in [4.78, 5) is 23.2. The minimum absolute atomic E-state index is 0.254. The first-order chi connectivity index (χ1) is 9.08. The Morgan fingerprint density at radius 3 is 2.47 bits per heavy atom. The van der Waals surface area contributed by atoms with Crippen molar-refractivity contribution in [2.24, 2.45) is 0 Å². The maximum absolute atomic E-state index is 11.8. The molecule has 19 heavy (non-hydrogen) atoms. The average molecular weight is 376 g/mol. The van der Waals surface area contributed by atoms with E-state index in [9.17, 15) is 9.59 Å². The Labute approximate surface area is 126 Å². The van der Waals surface area contributed by atoms with Gasteiger partial charge in [-0.15, -0.1) is 0 Å². The largest absolute Gasteiger partial charge is 0.466 e. The van der Waals surface area contributed by atoms with Crippen LogP contribution in [0.15, 0.2) is 18.2 Å². The number of carbonyl (C=O) groups excluding carboxylic acids is 2. The van der Waals surface area contributed by atoms with E-state index >= 15 is 0 Å². The van der Waals surface area contributed by atoms with E-state index in [4.69, 9.17) is 9.47 Å². The van der Waals surface area contributed by atoms with Crippen LogP contribution in [0.3, 0.4) is 0 Å².